The molecule has 6 nitrogen and oxygen atoms in total. The van der Waals surface area contributed by atoms with E-state index in [0.29, 0.717) is 13.0 Å². The standard InChI is InChI=1S/C20H21F3N2O4S/c1-19(18(26)24-16-8-10-17(11-9-16)29-20(21,22)23)12-5-13-25(30(19,27)28)14-15-6-3-2-4-7-15/h2-4,6-11H,5,12-14H2,1H3,(H,24,26)/t19-/m0/s1. The van der Waals surface area contributed by atoms with Crippen LogP contribution in [0.15, 0.2) is 54.6 Å². The van der Waals surface area contributed by atoms with Gasteiger partial charge >= 0.3 is 6.36 Å². The maximum Gasteiger partial charge on any atom is 0.573 e. The molecular formula is C20H21F3N2O4S. The molecule has 2 aromatic carbocycles. The zero-order valence-electron chi connectivity index (χ0n) is 16.1. The molecule has 0 radical (unpaired) electrons. The van der Waals surface area contributed by atoms with Crippen molar-refractivity contribution in [3.63, 3.8) is 0 Å². The van der Waals surface area contributed by atoms with E-state index >= 15 is 0 Å². The fourth-order valence-electron chi connectivity index (χ4n) is 3.31. The van der Waals surface area contributed by atoms with Crippen LogP contribution in [-0.4, -0.2) is 36.3 Å². The van der Waals surface area contributed by atoms with Gasteiger partial charge in [-0.15, -0.1) is 13.2 Å². The number of carbonyl (C=O) groups is 1. The first-order valence-corrected chi connectivity index (χ1v) is 10.7. The molecule has 1 amide bonds. The van der Waals surface area contributed by atoms with Crippen LogP contribution in [0.2, 0.25) is 0 Å². The Morgan fingerprint density at radius 1 is 1.13 bits per heavy atom. The van der Waals surface area contributed by atoms with Gasteiger partial charge in [-0.2, -0.15) is 4.31 Å². The zero-order valence-corrected chi connectivity index (χ0v) is 17.0. The van der Waals surface area contributed by atoms with E-state index in [1.54, 1.807) is 0 Å². The molecule has 0 spiro atoms. The second kappa shape index (κ2) is 8.27. The quantitative estimate of drug-likeness (QED) is 0.762. The molecular weight excluding hydrogens is 421 g/mol. The molecule has 0 bridgehead atoms. The van der Waals surface area contributed by atoms with Crippen LogP contribution in [-0.2, 0) is 21.4 Å². The lowest BCUT2D eigenvalue weighted by Gasteiger charge is -2.38. The van der Waals surface area contributed by atoms with E-state index in [0.717, 1.165) is 17.7 Å². The second-order valence-electron chi connectivity index (χ2n) is 7.18. The molecule has 2 aromatic rings. The number of hydrogen-bond acceptors (Lipinski definition) is 4. The summed E-state index contributed by atoms with van der Waals surface area (Å²) in [6.07, 6.45) is -4.17. The van der Waals surface area contributed by atoms with Gasteiger partial charge in [0.1, 0.15) is 5.75 Å². The van der Waals surface area contributed by atoms with Gasteiger partial charge in [0.2, 0.25) is 15.9 Å². The Hall–Kier alpha value is -2.59. The van der Waals surface area contributed by atoms with Gasteiger partial charge in [-0.05, 0) is 49.6 Å². The number of nitrogens with zero attached hydrogens (tertiary/aromatic N) is 1. The maximum absolute atomic E-state index is 13.2. The van der Waals surface area contributed by atoms with E-state index < -0.39 is 32.8 Å². The number of benzene rings is 2. The van der Waals surface area contributed by atoms with Gasteiger partial charge in [-0.1, -0.05) is 30.3 Å². The summed E-state index contributed by atoms with van der Waals surface area (Å²) in [6, 6.07) is 13.6. The maximum atomic E-state index is 13.2. The van der Waals surface area contributed by atoms with E-state index in [-0.39, 0.29) is 18.7 Å². The van der Waals surface area contributed by atoms with E-state index in [2.05, 4.69) is 10.1 Å². The predicted molar refractivity (Wildman–Crippen MR) is 105 cm³/mol. The lowest BCUT2D eigenvalue weighted by molar-refractivity contribution is -0.274. The van der Waals surface area contributed by atoms with Crippen molar-refractivity contribution in [3.05, 3.63) is 60.2 Å². The Bertz CT molecular complexity index is 995. The largest absolute Gasteiger partial charge is 0.573 e. The molecule has 1 N–H and O–H groups in total. The highest BCUT2D eigenvalue weighted by Gasteiger charge is 2.51. The average Bonchev–Trinajstić information content (AvgIpc) is 2.67. The molecule has 1 atom stereocenters. The highest BCUT2D eigenvalue weighted by molar-refractivity contribution is 7.91. The summed E-state index contributed by atoms with van der Waals surface area (Å²) in [5.41, 5.74) is 0.983. The number of anilines is 1. The SMILES string of the molecule is C[C@@]1(C(=O)Nc2ccc(OC(F)(F)F)cc2)CCCN(Cc2ccccc2)S1(=O)=O. The van der Waals surface area contributed by atoms with Crippen LogP contribution >= 0.6 is 0 Å². The summed E-state index contributed by atoms with van der Waals surface area (Å²) in [7, 11) is -3.97. The average molecular weight is 442 g/mol. The smallest absolute Gasteiger partial charge is 0.406 e. The van der Waals surface area contributed by atoms with Gasteiger partial charge in [0.25, 0.3) is 0 Å². The van der Waals surface area contributed by atoms with Gasteiger partial charge in [0.15, 0.2) is 4.75 Å². The minimum Gasteiger partial charge on any atom is -0.406 e. The molecule has 1 aliphatic rings. The van der Waals surface area contributed by atoms with Crippen LogP contribution in [0.1, 0.15) is 25.3 Å². The highest BCUT2D eigenvalue weighted by Crippen LogP contribution is 2.34. The summed E-state index contributed by atoms with van der Waals surface area (Å²) in [4.78, 5) is 12.9. The number of ether oxygens (including phenoxy) is 1. The number of nitrogens with one attached hydrogen (secondary N) is 1. The molecule has 10 heteroatoms. The second-order valence-corrected chi connectivity index (χ2v) is 9.55. The molecule has 0 unspecified atom stereocenters. The third-order valence-electron chi connectivity index (χ3n) is 5.00. The van der Waals surface area contributed by atoms with Gasteiger partial charge in [-0.25, -0.2) is 8.42 Å². The number of amides is 1. The molecule has 1 fully saturated rings. The Morgan fingerprint density at radius 3 is 2.37 bits per heavy atom. The van der Waals surface area contributed by atoms with Crippen molar-refractivity contribution in [1.29, 1.82) is 0 Å². The summed E-state index contributed by atoms with van der Waals surface area (Å²) < 4.78 is 66.6. The molecule has 0 aromatic heterocycles. The van der Waals surface area contributed by atoms with Gasteiger partial charge < -0.3 is 10.1 Å². The van der Waals surface area contributed by atoms with Gasteiger partial charge in [-0.3, -0.25) is 4.79 Å². The van der Waals surface area contributed by atoms with Crippen molar-refractivity contribution in [2.24, 2.45) is 0 Å². The fraction of sp³-hybridized carbons (Fsp3) is 0.350. The van der Waals surface area contributed by atoms with Crippen LogP contribution in [0.25, 0.3) is 0 Å². The first kappa shape index (κ1) is 22.1. The van der Waals surface area contributed by atoms with Crippen LogP contribution in [0.5, 0.6) is 5.75 Å². The van der Waals surface area contributed by atoms with E-state index in [4.69, 9.17) is 0 Å². The number of hydrogen-bond donors (Lipinski definition) is 1. The Labute approximate surface area is 172 Å². The van der Waals surface area contributed by atoms with Crippen LogP contribution < -0.4 is 10.1 Å². The first-order valence-electron chi connectivity index (χ1n) is 9.22. The van der Waals surface area contributed by atoms with Crippen LogP contribution in [0, 0.1) is 0 Å². The van der Waals surface area contributed by atoms with Crippen molar-refractivity contribution in [3.8, 4) is 5.75 Å². The van der Waals surface area contributed by atoms with E-state index in [1.165, 1.54) is 23.4 Å². The number of carbonyl (C=O) groups excluding carboxylic acids is 1. The Kier molecular flexibility index (Phi) is 6.09. The monoisotopic (exact) mass is 442 g/mol. The molecule has 162 valence electrons. The van der Waals surface area contributed by atoms with Gasteiger partial charge in [0.05, 0.1) is 0 Å². The van der Waals surface area contributed by atoms with Crippen molar-refractivity contribution in [1.82, 2.24) is 4.31 Å². The molecule has 30 heavy (non-hydrogen) atoms. The topological polar surface area (TPSA) is 75.7 Å². The first-order chi connectivity index (χ1) is 14.0. The van der Waals surface area contributed by atoms with Crippen LogP contribution in [0.3, 0.4) is 0 Å². The number of sulfonamides is 1. The minimum atomic E-state index is -4.82. The van der Waals surface area contributed by atoms with Crippen molar-refractivity contribution >= 4 is 21.6 Å². The van der Waals surface area contributed by atoms with Crippen LogP contribution in [0.4, 0.5) is 18.9 Å². The van der Waals surface area contributed by atoms with Crippen molar-refractivity contribution < 1.29 is 31.1 Å². The fourth-order valence-corrected chi connectivity index (χ4v) is 5.26. The predicted octanol–water partition coefficient (Wildman–Crippen LogP) is 3.91. The molecule has 1 heterocycles. The molecule has 0 aliphatic carbocycles. The third-order valence-corrected chi connectivity index (χ3v) is 7.52. The van der Waals surface area contributed by atoms with E-state index in [9.17, 15) is 26.4 Å². The Balaban J connectivity index is 1.75. The Morgan fingerprint density at radius 2 is 1.77 bits per heavy atom. The minimum absolute atomic E-state index is 0.141. The summed E-state index contributed by atoms with van der Waals surface area (Å²) in [5.74, 6) is -1.17. The molecule has 3 rings (SSSR count). The summed E-state index contributed by atoms with van der Waals surface area (Å²) in [6.45, 7) is 1.84. The van der Waals surface area contributed by atoms with Crippen molar-refractivity contribution in [2.45, 2.75) is 37.4 Å². The zero-order chi connectivity index (χ0) is 22.0. The van der Waals surface area contributed by atoms with E-state index in [1.807, 2.05) is 30.3 Å². The van der Waals surface area contributed by atoms with Gasteiger partial charge in [0, 0.05) is 18.8 Å². The number of rotatable bonds is 5. The molecule has 1 saturated heterocycles. The summed E-state index contributed by atoms with van der Waals surface area (Å²) in [5, 5.41) is 2.50. The number of halogens is 3. The highest BCUT2D eigenvalue weighted by atomic mass is 32.2. The lowest BCUT2D eigenvalue weighted by atomic mass is 10.0. The summed E-state index contributed by atoms with van der Waals surface area (Å²) >= 11 is 0. The molecule has 0 saturated carbocycles. The number of alkyl halides is 3. The normalized spacial score (nSPS) is 21.7. The lowest BCUT2D eigenvalue weighted by Crippen LogP contribution is -2.56. The van der Waals surface area contributed by atoms with Crippen molar-refractivity contribution in [2.75, 3.05) is 11.9 Å². The molecule has 1 aliphatic heterocycles. The third kappa shape index (κ3) is 4.76.